The van der Waals surface area contributed by atoms with Crippen molar-refractivity contribution in [1.82, 2.24) is 9.97 Å². The number of benzene rings is 1. The standard InChI is InChI=1S/C9H3BrClF3N2/c10-4-1-2-6-5(3-4)7(9(12,13)14)16-8(11)15-6/h1-3H. The molecule has 0 saturated heterocycles. The number of hydrogen-bond acceptors (Lipinski definition) is 2. The average Bonchev–Trinajstić information content (AvgIpc) is 2.16. The zero-order chi connectivity index (χ0) is 11.9. The Morgan fingerprint density at radius 3 is 2.50 bits per heavy atom. The van der Waals surface area contributed by atoms with Crippen LogP contribution in [-0.4, -0.2) is 9.97 Å². The monoisotopic (exact) mass is 310 g/mol. The van der Waals surface area contributed by atoms with Crippen molar-refractivity contribution in [2.45, 2.75) is 6.18 Å². The lowest BCUT2D eigenvalue weighted by molar-refractivity contribution is -0.139. The van der Waals surface area contributed by atoms with E-state index in [2.05, 4.69) is 25.9 Å². The predicted molar refractivity (Wildman–Crippen MR) is 57.2 cm³/mol. The van der Waals surface area contributed by atoms with Crippen molar-refractivity contribution in [3.05, 3.63) is 33.6 Å². The first-order valence-electron chi connectivity index (χ1n) is 4.08. The molecule has 0 amide bonds. The molecule has 0 atom stereocenters. The lowest BCUT2D eigenvalue weighted by Crippen LogP contribution is -2.09. The third-order valence-corrected chi connectivity index (χ3v) is 2.56. The van der Waals surface area contributed by atoms with Crippen LogP contribution in [0.3, 0.4) is 0 Å². The van der Waals surface area contributed by atoms with Crippen LogP contribution < -0.4 is 0 Å². The first-order valence-corrected chi connectivity index (χ1v) is 5.25. The normalized spacial score (nSPS) is 12.1. The summed E-state index contributed by atoms with van der Waals surface area (Å²) in [6.07, 6.45) is -4.55. The smallest absolute Gasteiger partial charge is 0.218 e. The summed E-state index contributed by atoms with van der Waals surface area (Å²) in [6.45, 7) is 0. The van der Waals surface area contributed by atoms with Gasteiger partial charge in [0.2, 0.25) is 5.28 Å². The lowest BCUT2D eigenvalue weighted by Gasteiger charge is -2.09. The van der Waals surface area contributed by atoms with Crippen LogP contribution in [0.25, 0.3) is 10.9 Å². The van der Waals surface area contributed by atoms with Crippen LogP contribution in [0.15, 0.2) is 22.7 Å². The van der Waals surface area contributed by atoms with Gasteiger partial charge >= 0.3 is 6.18 Å². The Labute approximate surface area is 102 Å². The van der Waals surface area contributed by atoms with Gasteiger partial charge < -0.3 is 0 Å². The third-order valence-electron chi connectivity index (χ3n) is 1.90. The Bertz CT molecular complexity index is 556. The van der Waals surface area contributed by atoms with E-state index in [1.165, 1.54) is 12.1 Å². The van der Waals surface area contributed by atoms with E-state index < -0.39 is 17.2 Å². The molecule has 2 rings (SSSR count). The van der Waals surface area contributed by atoms with E-state index in [0.717, 1.165) is 0 Å². The first-order chi connectivity index (χ1) is 7.38. The summed E-state index contributed by atoms with van der Waals surface area (Å²) >= 11 is 8.53. The van der Waals surface area contributed by atoms with Crippen LogP contribution >= 0.6 is 27.5 Å². The van der Waals surface area contributed by atoms with Crippen molar-refractivity contribution >= 4 is 38.4 Å². The topological polar surface area (TPSA) is 25.8 Å². The molecule has 0 aliphatic rings. The van der Waals surface area contributed by atoms with Gasteiger partial charge in [0.1, 0.15) is 0 Å². The third kappa shape index (κ3) is 2.12. The fourth-order valence-corrected chi connectivity index (χ4v) is 1.83. The van der Waals surface area contributed by atoms with Gasteiger partial charge in [-0.15, -0.1) is 0 Å². The quantitative estimate of drug-likeness (QED) is 0.686. The number of alkyl halides is 3. The number of aromatic nitrogens is 2. The van der Waals surface area contributed by atoms with Gasteiger partial charge in [0.25, 0.3) is 0 Å². The van der Waals surface area contributed by atoms with Gasteiger partial charge in [0.05, 0.1) is 5.52 Å². The molecule has 0 bridgehead atoms. The summed E-state index contributed by atoms with van der Waals surface area (Å²) in [6, 6.07) is 4.35. The highest BCUT2D eigenvalue weighted by Gasteiger charge is 2.35. The molecule has 0 spiro atoms. The van der Waals surface area contributed by atoms with Crippen LogP contribution in [0.5, 0.6) is 0 Å². The second kappa shape index (κ2) is 3.85. The van der Waals surface area contributed by atoms with Crippen molar-refractivity contribution in [1.29, 1.82) is 0 Å². The molecule has 84 valence electrons. The molecule has 1 aromatic carbocycles. The molecule has 0 aliphatic heterocycles. The Kier molecular flexibility index (Phi) is 2.79. The van der Waals surface area contributed by atoms with Crippen molar-refractivity contribution in [2.24, 2.45) is 0 Å². The van der Waals surface area contributed by atoms with E-state index in [1.807, 2.05) is 0 Å². The Morgan fingerprint density at radius 2 is 1.88 bits per heavy atom. The average molecular weight is 311 g/mol. The van der Waals surface area contributed by atoms with Gasteiger partial charge in [-0.1, -0.05) is 15.9 Å². The molecule has 0 fully saturated rings. The largest absolute Gasteiger partial charge is 0.434 e. The van der Waals surface area contributed by atoms with Gasteiger partial charge in [-0.3, -0.25) is 0 Å². The second-order valence-corrected chi connectivity index (χ2v) is 4.25. The molecule has 0 saturated carbocycles. The van der Waals surface area contributed by atoms with Crippen molar-refractivity contribution in [3.8, 4) is 0 Å². The summed E-state index contributed by atoms with van der Waals surface area (Å²) in [5.74, 6) is 0. The minimum atomic E-state index is -4.55. The summed E-state index contributed by atoms with van der Waals surface area (Å²) in [7, 11) is 0. The van der Waals surface area contributed by atoms with E-state index in [9.17, 15) is 13.2 Å². The molecule has 0 aliphatic carbocycles. The SMILES string of the molecule is FC(F)(F)c1nc(Cl)nc2ccc(Br)cc12. The van der Waals surface area contributed by atoms with Gasteiger partial charge in [0, 0.05) is 9.86 Å². The molecule has 7 heteroatoms. The molecule has 2 aromatic rings. The van der Waals surface area contributed by atoms with Gasteiger partial charge in [0.15, 0.2) is 5.69 Å². The fraction of sp³-hybridized carbons (Fsp3) is 0.111. The summed E-state index contributed by atoms with van der Waals surface area (Å²) < 4.78 is 38.5. The summed E-state index contributed by atoms with van der Waals surface area (Å²) in [5.41, 5.74) is -0.862. The molecule has 0 radical (unpaired) electrons. The first kappa shape index (κ1) is 11.6. The van der Waals surface area contributed by atoms with E-state index in [4.69, 9.17) is 11.6 Å². The zero-order valence-corrected chi connectivity index (χ0v) is 9.86. The highest BCUT2D eigenvalue weighted by Crippen LogP contribution is 2.34. The Morgan fingerprint density at radius 1 is 1.19 bits per heavy atom. The molecule has 2 nitrogen and oxygen atoms in total. The maximum absolute atomic E-state index is 12.7. The van der Waals surface area contributed by atoms with Gasteiger partial charge in [-0.05, 0) is 29.8 Å². The molecular weight excluding hydrogens is 308 g/mol. The number of hydrogen-bond donors (Lipinski definition) is 0. The molecule has 16 heavy (non-hydrogen) atoms. The van der Waals surface area contributed by atoms with Crippen molar-refractivity contribution < 1.29 is 13.2 Å². The van der Waals surface area contributed by atoms with Crippen LogP contribution in [0, 0.1) is 0 Å². The Hall–Kier alpha value is -0.880. The Balaban J connectivity index is 2.85. The van der Waals surface area contributed by atoms with Gasteiger partial charge in [-0.25, -0.2) is 9.97 Å². The van der Waals surface area contributed by atoms with Crippen molar-refractivity contribution in [2.75, 3.05) is 0 Å². The molecule has 1 aromatic heterocycles. The predicted octanol–water partition coefficient (Wildman–Crippen LogP) is 4.06. The number of rotatable bonds is 0. The van der Waals surface area contributed by atoms with Crippen LogP contribution in [-0.2, 0) is 6.18 Å². The van der Waals surface area contributed by atoms with Gasteiger partial charge in [-0.2, -0.15) is 13.2 Å². The molecule has 0 N–H and O–H groups in total. The second-order valence-electron chi connectivity index (χ2n) is 3.00. The lowest BCUT2D eigenvalue weighted by atomic mass is 10.2. The molecular formula is C9H3BrClF3N2. The van der Waals surface area contributed by atoms with Crippen LogP contribution in [0.2, 0.25) is 5.28 Å². The summed E-state index contributed by atoms with van der Waals surface area (Å²) in [4.78, 5) is 6.95. The highest BCUT2D eigenvalue weighted by molar-refractivity contribution is 9.10. The van der Waals surface area contributed by atoms with Crippen molar-refractivity contribution in [3.63, 3.8) is 0 Å². The van der Waals surface area contributed by atoms with E-state index >= 15 is 0 Å². The molecule has 1 heterocycles. The minimum Gasteiger partial charge on any atom is -0.218 e. The number of fused-ring (bicyclic) bond motifs is 1. The van der Waals surface area contributed by atoms with E-state index in [1.54, 1.807) is 6.07 Å². The van der Waals surface area contributed by atoms with Crippen LogP contribution in [0.1, 0.15) is 5.69 Å². The zero-order valence-electron chi connectivity index (χ0n) is 7.52. The number of nitrogens with zero attached hydrogens (tertiary/aromatic N) is 2. The van der Waals surface area contributed by atoms with E-state index in [0.29, 0.717) is 4.47 Å². The van der Waals surface area contributed by atoms with Crippen LogP contribution in [0.4, 0.5) is 13.2 Å². The highest BCUT2D eigenvalue weighted by atomic mass is 79.9. The minimum absolute atomic E-state index is 0.0775. The molecule has 0 unspecified atom stereocenters. The van der Waals surface area contributed by atoms with E-state index in [-0.39, 0.29) is 10.9 Å². The fourth-order valence-electron chi connectivity index (χ4n) is 1.29. The number of halogens is 5. The summed E-state index contributed by atoms with van der Waals surface area (Å²) in [5, 5.41) is -0.492. The maximum atomic E-state index is 12.7. The maximum Gasteiger partial charge on any atom is 0.434 e.